The number of rotatable bonds is 7. The van der Waals surface area contributed by atoms with Gasteiger partial charge in [-0.25, -0.2) is 13.4 Å². The van der Waals surface area contributed by atoms with Crippen LogP contribution in [0.2, 0.25) is 0 Å². The molecule has 0 saturated heterocycles. The van der Waals surface area contributed by atoms with E-state index in [4.69, 9.17) is 0 Å². The zero-order valence-electron chi connectivity index (χ0n) is 14.2. The second kappa shape index (κ2) is 6.84. The second-order valence-corrected chi connectivity index (χ2v) is 9.21. The lowest BCUT2D eigenvalue weighted by molar-refractivity contribution is 0.521. The molecule has 5 nitrogen and oxygen atoms in total. The molecule has 2 rings (SSSR count). The Labute approximate surface area is 138 Å². The normalized spacial score (nSPS) is 12.5. The summed E-state index contributed by atoms with van der Waals surface area (Å²) in [5.41, 5.74) is 2.34. The van der Waals surface area contributed by atoms with Crippen molar-refractivity contribution in [2.75, 3.05) is 12.8 Å². The van der Waals surface area contributed by atoms with Crippen LogP contribution in [0.15, 0.2) is 36.7 Å². The summed E-state index contributed by atoms with van der Waals surface area (Å²) in [7, 11) is -3.08. The average molecular weight is 335 g/mol. The summed E-state index contributed by atoms with van der Waals surface area (Å²) in [4.78, 5) is 4.23. The Kier molecular flexibility index (Phi) is 5.26. The molecule has 2 aromatic rings. The van der Waals surface area contributed by atoms with Crippen molar-refractivity contribution in [2.24, 2.45) is 0 Å². The summed E-state index contributed by atoms with van der Waals surface area (Å²) in [5, 5.41) is 3.25. The van der Waals surface area contributed by atoms with E-state index in [0.717, 1.165) is 17.9 Å². The van der Waals surface area contributed by atoms with E-state index in [0.29, 0.717) is 13.1 Å². The largest absolute Gasteiger partial charge is 0.331 e. The van der Waals surface area contributed by atoms with Crippen LogP contribution in [0.3, 0.4) is 0 Å². The Bertz CT molecular complexity index is 764. The third-order valence-corrected chi connectivity index (χ3v) is 6.30. The summed E-state index contributed by atoms with van der Waals surface area (Å²) < 4.78 is 24.8. The molecule has 1 N–H and O–H groups in total. The van der Waals surface area contributed by atoms with E-state index >= 15 is 0 Å². The molecule has 0 aliphatic heterocycles. The van der Waals surface area contributed by atoms with Crippen LogP contribution in [0.4, 0.5) is 0 Å². The molecule has 23 heavy (non-hydrogen) atoms. The van der Waals surface area contributed by atoms with E-state index in [1.807, 2.05) is 25.3 Å². The van der Waals surface area contributed by atoms with Gasteiger partial charge in [0.2, 0.25) is 0 Å². The number of hydrogen-bond acceptors (Lipinski definition) is 4. The third kappa shape index (κ3) is 4.65. The summed E-state index contributed by atoms with van der Waals surface area (Å²) in [6.07, 6.45) is 5.05. The van der Waals surface area contributed by atoms with Crippen molar-refractivity contribution in [2.45, 2.75) is 38.6 Å². The van der Waals surface area contributed by atoms with Crippen LogP contribution in [0.1, 0.15) is 30.8 Å². The summed E-state index contributed by atoms with van der Waals surface area (Å²) in [5.74, 6) is 0.989. The first-order valence-electron chi connectivity index (χ1n) is 7.65. The average Bonchev–Trinajstić information content (AvgIpc) is 2.83. The molecular formula is C17H25N3O2S. The fourth-order valence-corrected chi connectivity index (χ4v) is 2.61. The summed E-state index contributed by atoms with van der Waals surface area (Å²) >= 11 is 0. The highest BCUT2D eigenvalue weighted by Crippen LogP contribution is 2.14. The molecule has 0 aliphatic rings. The van der Waals surface area contributed by atoms with Crippen LogP contribution in [0, 0.1) is 6.92 Å². The van der Waals surface area contributed by atoms with Gasteiger partial charge in [0, 0.05) is 38.3 Å². The van der Waals surface area contributed by atoms with Crippen molar-refractivity contribution in [3.05, 3.63) is 53.6 Å². The van der Waals surface area contributed by atoms with Gasteiger partial charge in [-0.1, -0.05) is 24.3 Å². The maximum Gasteiger partial charge on any atom is 0.153 e. The molecule has 0 saturated carbocycles. The number of hydrogen-bond donors (Lipinski definition) is 1. The first-order valence-corrected chi connectivity index (χ1v) is 9.54. The molecule has 0 radical (unpaired) electrons. The smallest absolute Gasteiger partial charge is 0.153 e. The van der Waals surface area contributed by atoms with Gasteiger partial charge in [-0.3, -0.25) is 0 Å². The van der Waals surface area contributed by atoms with Crippen molar-refractivity contribution in [1.29, 1.82) is 0 Å². The van der Waals surface area contributed by atoms with E-state index in [2.05, 4.69) is 27.0 Å². The molecule has 6 heteroatoms. The highest BCUT2D eigenvalue weighted by molar-refractivity contribution is 7.92. The lowest BCUT2D eigenvalue weighted by Crippen LogP contribution is -2.41. The van der Waals surface area contributed by atoms with Crippen LogP contribution in [-0.2, 0) is 22.9 Å². The van der Waals surface area contributed by atoms with Crippen molar-refractivity contribution in [1.82, 2.24) is 14.9 Å². The number of aryl methyl sites for hydroxylation is 1. The van der Waals surface area contributed by atoms with Crippen LogP contribution in [-0.4, -0.2) is 35.5 Å². The number of aromatic nitrogens is 2. The van der Waals surface area contributed by atoms with Gasteiger partial charge in [-0.2, -0.15) is 0 Å². The molecule has 0 amide bonds. The molecule has 126 valence electrons. The predicted octanol–water partition coefficient (Wildman–Crippen LogP) is 2.15. The number of imidazole rings is 1. The minimum atomic E-state index is -3.08. The van der Waals surface area contributed by atoms with E-state index in [-0.39, 0.29) is 0 Å². The van der Waals surface area contributed by atoms with Gasteiger partial charge >= 0.3 is 0 Å². The van der Waals surface area contributed by atoms with Crippen molar-refractivity contribution < 1.29 is 8.42 Å². The van der Waals surface area contributed by atoms with E-state index in [1.54, 1.807) is 20.0 Å². The van der Waals surface area contributed by atoms with Crippen LogP contribution in [0.5, 0.6) is 0 Å². The maximum absolute atomic E-state index is 11.7. The van der Waals surface area contributed by atoms with Crippen molar-refractivity contribution in [3.63, 3.8) is 0 Å². The lowest BCUT2D eigenvalue weighted by Gasteiger charge is -2.23. The third-order valence-electron chi connectivity index (χ3n) is 4.15. The van der Waals surface area contributed by atoms with Gasteiger partial charge in [-0.15, -0.1) is 0 Å². The fraction of sp³-hybridized carbons (Fsp3) is 0.471. The standard InChI is InChI=1S/C17H25N3O2S/c1-14-19-8-9-20(14)12-16-7-5-6-15(10-16)11-18-13-17(2,3)23(4,21)22/h5-10,18H,11-13H2,1-4H3. The fourth-order valence-electron chi connectivity index (χ4n) is 2.24. The zero-order chi connectivity index (χ0) is 17.1. The number of nitrogens with one attached hydrogen (secondary N) is 1. The molecular weight excluding hydrogens is 310 g/mol. The number of sulfone groups is 1. The second-order valence-electron chi connectivity index (χ2n) is 6.56. The first kappa shape index (κ1) is 17.7. The quantitative estimate of drug-likeness (QED) is 0.842. The molecule has 0 fully saturated rings. The van der Waals surface area contributed by atoms with Crippen LogP contribution in [0.25, 0.3) is 0 Å². The molecule has 0 spiro atoms. The van der Waals surface area contributed by atoms with E-state index < -0.39 is 14.6 Å². The van der Waals surface area contributed by atoms with Crippen LogP contribution >= 0.6 is 0 Å². The Hall–Kier alpha value is -1.66. The number of nitrogens with zero attached hydrogens (tertiary/aromatic N) is 2. The highest BCUT2D eigenvalue weighted by atomic mass is 32.2. The van der Waals surface area contributed by atoms with Gasteiger partial charge in [0.15, 0.2) is 9.84 Å². The molecule has 0 unspecified atom stereocenters. The summed E-state index contributed by atoms with van der Waals surface area (Å²) in [6, 6.07) is 8.30. The van der Waals surface area contributed by atoms with Gasteiger partial charge in [-0.05, 0) is 31.9 Å². The van der Waals surface area contributed by atoms with E-state index in [1.165, 1.54) is 11.8 Å². The molecule has 0 atom stereocenters. The predicted molar refractivity (Wildman–Crippen MR) is 93.1 cm³/mol. The number of benzene rings is 1. The minimum Gasteiger partial charge on any atom is -0.331 e. The van der Waals surface area contributed by atoms with Gasteiger partial charge in [0.05, 0.1) is 4.75 Å². The van der Waals surface area contributed by atoms with Crippen molar-refractivity contribution in [3.8, 4) is 0 Å². The Morgan fingerprint density at radius 3 is 2.57 bits per heavy atom. The molecule has 1 aromatic carbocycles. The molecule has 0 bridgehead atoms. The zero-order valence-corrected chi connectivity index (χ0v) is 15.0. The van der Waals surface area contributed by atoms with Gasteiger partial charge in [0.25, 0.3) is 0 Å². The topological polar surface area (TPSA) is 64.0 Å². The van der Waals surface area contributed by atoms with E-state index in [9.17, 15) is 8.42 Å². The Morgan fingerprint density at radius 2 is 1.96 bits per heavy atom. The summed E-state index contributed by atoms with van der Waals surface area (Å²) in [6.45, 7) is 7.33. The first-order chi connectivity index (χ1) is 10.7. The SMILES string of the molecule is Cc1nccn1Cc1cccc(CNCC(C)(C)S(C)(=O)=O)c1. The van der Waals surface area contributed by atoms with Gasteiger partial charge < -0.3 is 9.88 Å². The minimum absolute atomic E-state index is 0.427. The monoisotopic (exact) mass is 335 g/mol. The molecule has 0 aliphatic carbocycles. The van der Waals surface area contributed by atoms with Gasteiger partial charge in [0.1, 0.15) is 5.82 Å². The Balaban J connectivity index is 1.97. The maximum atomic E-state index is 11.7. The molecule has 1 aromatic heterocycles. The highest BCUT2D eigenvalue weighted by Gasteiger charge is 2.29. The Morgan fingerprint density at radius 1 is 1.26 bits per heavy atom. The lowest BCUT2D eigenvalue weighted by atomic mass is 10.1. The van der Waals surface area contributed by atoms with Crippen molar-refractivity contribution >= 4 is 9.84 Å². The molecule has 1 heterocycles. The van der Waals surface area contributed by atoms with Crippen LogP contribution < -0.4 is 5.32 Å².